The first-order chi connectivity index (χ1) is 8.08. The molecule has 0 bridgehead atoms. The minimum Gasteiger partial charge on any atom is -0.147 e. The average molecular weight is 373 g/mol. The summed E-state index contributed by atoms with van der Waals surface area (Å²) in [5.74, 6) is 0.598. The second-order valence-electron chi connectivity index (χ2n) is 4.74. The van der Waals surface area contributed by atoms with Crippen LogP contribution in [0.5, 0.6) is 0 Å². The van der Waals surface area contributed by atoms with Gasteiger partial charge in [-0.25, -0.2) is 0 Å². The van der Waals surface area contributed by atoms with Crippen LogP contribution in [0.3, 0.4) is 0 Å². The van der Waals surface area contributed by atoms with Gasteiger partial charge in [0.25, 0.3) is 0 Å². The molecule has 0 fully saturated rings. The third-order valence-electron chi connectivity index (χ3n) is 3.09. The van der Waals surface area contributed by atoms with Crippen LogP contribution in [0.4, 0.5) is 0 Å². The van der Waals surface area contributed by atoms with E-state index in [0.29, 0.717) is 5.92 Å². The van der Waals surface area contributed by atoms with Crippen LogP contribution in [0, 0.1) is 10.5 Å². The molecule has 0 atom stereocenters. The second-order valence-corrected chi connectivity index (χ2v) is 5.98. The maximum Gasteiger partial charge on any atom is 0.0136 e. The van der Waals surface area contributed by atoms with Crippen molar-refractivity contribution in [2.45, 2.75) is 26.7 Å². The van der Waals surface area contributed by atoms with Crippen LogP contribution in [0.1, 0.15) is 30.9 Å². The third-order valence-corrected chi connectivity index (χ3v) is 3.76. The van der Waals surface area contributed by atoms with E-state index in [4.69, 9.17) is 0 Å². The first-order valence-electron chi connectivity index (χ1n) is 5.94. The lowest BCUT2D eigenvalue weighted by molar-refractivity contribution is 0.867. The molecular formula is C16H18ClI. The van der Waals surface area contributed by atoms with Crippen LogP contribution in [-0.4, -0.2) is 0 Å². The van der Waals surface area contributed by atoms with Gasteiger partial charge in [-0.1, -0.05) is 44.2 Å². The molecule has 0 spiro atoms. The molecule has 2 aromatic carbocycles. The fraction of sp³-hybridized carbons (Fsp3) is 0.250. The van der Waals surface area contributed by atoms with E-state index in [9.17, 15) is 0 Å². The molecule has 0 saturated heterocycles. The molecule has 0 aliphatic carbocycles. The van der Waals surface area contributed by atoms with Gasteiger partial charge in [-0.3, -0.25) is 0 Å². The predicted molar refractivity (Wildman–Crippen MR) is 90.7 cm³/mol. The van der Waals surface area contributed by atoms with Gasteiger partial charge >= 0.3 is 0 Å². The molecule has 0 radical (unpaired) electrons. The van der Waals surface area contributed by atoms with Crippen molar-refractivity contribution in [1.82, 2.24) is 0 Å². The molecular weight excluding hydrogens is 355 g/mol. The van der Waals surface area contributed by atoms with Gasteiger partial charge in [0, 0.05) is 3.57 Å². The largest absolute Gasteiger partial charge is 0.147 e. The van der Waals surface area contributed by atoms with Crippen LogP contribution in [0.15, 0.2) is 42.5 Å². The SMILES string of the molecule is Cc1ccc(I)cc1-c1ccc(C(C)C)cc1.Cl. The molecule has 0 N–H and O–H groups in total. The van der Waals surface area contributed by atoms with Gasteiger partial charge in [-0.15, -0.1) is 12.4 Å². The predicted octanol–water partition coefficient (Wildman–Crippen LogP) is 5.81. The van der Waals surface area contributed by atoms with E-state index in [0.717, 1.165) is 0 Å². The summed E-state index contributed by atoms with van der Waals surface area (Å²) in [7, 11) is 0. The smallest absolute Gasteiger partial charge is 0.0136 e. The van der Waals surface area contributed by atoms with Crippen molar-refractivity contribution in [3.05, 3.63) is 57.2 Å². The van der Waals surface area contributed by atoms with Crippen molar-refractivity contribution in [2.24, 2.45) is 0 Å². The van der Waals surface area contributed by atoms with E-state index in [-0.39, 0.29) is 12.4 Å². The van der Waals surface area contributed by atoms with Crippen molar-refractivity contribution < 1.29 is 0 Å². The summed E-state index contributed by atoms with van der Waals surface area (Å²) in [5.41, 5.74) is 5.39. The zero-order chi connectivity index (χ0) is 12.4. The van der Waals surface area contributed by atoms with Crippen LogP contribution >= 0.6 is 35.0 Å². The van der Waals surface area contributed by atoms with Crippen molar-refractivity contribution in [3.8, 4) is 11.1 Å². The Labute approximate surface area is 129 Å². The molecule has 0 amide bonds. The van der Waals surface area contributed by atoms with Crippen LogP contribution < -0.4 is 0 Å². The van der Waals surface area contributed by atoms with Crippen molar-refractivity contribution >= 4 is 35.0 Å². The first kappa shape index (κ1) is 15.5. The number of rotatable bonds is 2. The lowest BCUT2D eigenvalue weighted by Gasteiger charge is -2.09. The molecule has 2 rings (SSSR count). The molecule has 0 aliphatic rings. The molecule has 0 unspecified atom stereocenters. The van der Waals surface area contributed by atoms with E-state index in [1.54, 1.807) is 0 Å². The van der Waals surface area contributed by atoms with Crippen molar-refractivity contribution in [2.75, 3.05) is 0 Å². The maximum absolute atomic E-state index is 2.37. The summed E-state index contributed by atoms with van der Waals surface area (Å²) < 4.78 is 1.29. The normalized spacial score (nSPS) is 10.3. The summed E-state index contributed by atoms with van der Waals surface area (Å²) in [5, 5.41) is 0. The van der Waals surface area contributed by atoms with E-state index in [1.807, 2.05) is 0 Å². The van der Waals surface area contributed by atoms with Gasteiger partial charge < -0.3 is 0 Å². The summed E-state index contributed by atoms with van der Waals surface area (Å²) in [6, 6.07) is 15.5. The minimum absolute atomic E-state index is 0. The molecule has 96 valence electrons. The van der Waals surface area contributed by atoms with Gasteiger partial charge in [0.1, 0.15) is 0 Å². The van der Waals surface area contributed by atoms with Crippen LogP contribution in [0.2, 0.25) is 0 Å². The van der Waals surface area contributed by atoms with Gasteiger partial charge in [-0.2, -0.15) is 0 Å². The lowest BCUT2D eigenvalue weighted by Crippen LogP contribution is -1.88. The zero-order valence-electron chi connectivity index (χ0n) is 10.9. The standard InChI is InChI=1S/C16H17I.ClH/c1-11(2)13-5-7-14(8-6-13)16-10-15(17)9-4-12(16)3;/h4-11H,1-3H3;1H. The Morgan fingerprint density at radius 1 is 0.944 bits per heavy atom. The Morgan fingerprint density at radius 2 is 1.56 bits per heavy atom. The zero-order valence-corrected chi connectivity index (χ0v) is 13.9. The molecule has 0 aliphatic heterocycles. The van der Waals surface area contributed by atoms with Gasteiger partial charge in [0.2, 0.25) is 0 Å². The van der Waals surface area contributed by atoms with Crippen LogP contribution in [0.25, 0.3) is 11.1 Å². The number of aryl methyl sites for hydroxylation is 1. The molecule has 2 heteroatoms. The first-order valence-corrected chi connectivity index (χ1v) is 7.02. The molecule has 0 saturated carbocycles. The highest BCUT2D eigenvalue weighted by molar-refractivity contribution is 14.1. The highest BCUT2D eigenvalue weighted by Gasteiger charge is 2.04. The molecule has 0 heterocycles. The van der Waals surface area contributed by atoms with E-state index in [2.05, 4.69) is 85.8 Å². The van der Waals surface area contributed by atoms with Gasteiger partial charge in [0.05, 0.1) is 0 Å². The molecule has 0 aromatic heterocycles. The summed E-state index contributed by atoms with van der Waals surface area (Å²) in [4.78, 5) is 0. The van der Waals surface area contributed by atoms with Crippen molar-refractivity contribution in [1.29, 1.82) is 0 Å². The van der Waals surface area contributed by atoms with E-state index in [1.165, 1.54) is 25.8 Å². The monoisotopic (exact) mass is 372 g/mol. The Bertz CT molecular complexity index is 515. The van der Waals surface area contributed by atoms with Gasteiger partial charge in [0.15, 0.2) is 0 Å². The lowest BCUT2D eigenvalue weighted by atomic mass is 9.97. The molecule has 18 heavy (non-hydrogen) atoms. The Kier molecular flexibility index (Phi) is 5.67. The second kappa shape index (κ2) is 6.58. The maximum atomic E-state index is 2.37. The van der Waals surface area contributed by atoms with Crippen LogP contribution in [-0.2, 0) is 0 Å². The number of halogens is 2. The number of benzene rings is 2. The number of hydrogen-bond acceptors (Lipinski definition) is 0. The fourth-order valence-electron chi connectivity index (χ4n) is 1.95. The molecule has 2 aromatic rings. The number of hydrogen-bond donors (Lipinski definition) is 0. The Balaban J connectivity index is 0.00000162. The molecule has 0 nitrogen and oxygen atoms in total. The summed E-state index contributed by atoms with van der Waals surface area (Å²) in [6.45, 7) is 6.62. The van der Waals surface area contributed by atoms with Gasteiger partial charge in [-0.05, 0) is 69.8 Å². The minimum atomic E-state index is 0. The fourth-order valence-corrected chi connectivity index (χ4v) is 2.44. The average Bonchev–Trinajstić information content (AvgIpc) is 2.32. The summed E-state index contributed by atoms with van der Waals surface area (Å²) >= 11 is 2.37. The Hall–Kier alpha value is -0.540. The highest BCUT2D eigenvalue weighted by atomic mass is 127. The van der Waals surface area contributed by atoms with E-state index >= 15 is 0 Å². The highest BCUT2D eigenvalue weighted by Crippen LogP contribution is 2.26. The van der Waals surface area contributed by atoms with E-state index < -0.39 is 0 Å². The Morgan fingerprint density at radius 3 is 2.11 bits per heavy atom. The summed E-state index contributed by atoms with van der Waals surface area (Å²) in [6.07, 6.45) is 0. The third kappa shape index (κ3) is 3.48. The quantitative estimate of drug-likeness (QED) is 0.583. The topological polar surface area (TPSA) is 0 Å². The van der Waals surface area contributed by atoms with Crippen molar-refractivity contribution in [3.63, 3.8) is 0 Å².